The van der Waals surface area contributed by atoms with Crippen molar-refractivity contribution in [1.29, 1.82) is 0 Å². The molecule has 2 amide bonds. The highest BCUT2D eigenvalue weighted by atomic mass is 35.5. The number of hydrogen-bond donors (Lipinski definition) is 3. The van der Waals surface area contributed by atoms with E-state index in [4.69, 9.17) is 21.3 Å². The van der Waals surface area contributed by atoms with E-state index in [1.54, 1.807) is 48.4 Å². The minimum absolute atomic E-state index is 0.0189. The molecule has 0 aliphatic carbocycles. The molecule has 3 N–H and O–H groups in total. The van der Waals surface area contributed by atoms with E-state index in [1.165, 1.54) is 50.7 Å². The van der Waals surface area contributed by atoms with E-state index in [0.29, 0.717) is 75.4 Å². The van der Waals surface area contributed by atoms with Crippen LogP contribution in [0.5, 0.6) is 11.5 Å². The number of benzene rings is 5. The summed E-state index contributed by atoms with van der Waals surface area (Å²) in [5, 5.41) is 28.3. The quantitative estimate of drug-likeness (QED) is 0.0237. The van der Waals surface area contributed by atoms with Gasteiger partial charge in [0.2, 0.25) is 11.3 Å². The number of carboxylic acids is 1. The molecule has 0 spiro atoms. The number of anilines is 4. The predicted molar refractivity (Wildman–Crippen MR) is 355 cm³/mol. The van der Waals surface area contributed by atoms with Gasteiger partial charge in [-0.05, 0) is 165 Å². The Labute approximate surface area is 540 Å². The highest BCUT2D eigenvalue weighted by Gasteiger charge is 2.37. The van der Waals surface area contributed by atoms with E-state index < -0.39 is 11.9 Å². The van der Waals surface area contributed by atoms with Gasteiger partial charge in [-0.3, -0.25) is 19.3 Å². The number of rotatable bonds is 18. The molecule has 0 atom stereocenters. The lowest BCUT2D eigenvalue weighted by atomic mass is 9.82. The molecule has 6 aliphatic heterocycles. The van der Waals surface area contributed by atoms with Crippen molar-refractivity contribution < 1.29 is 29.0 Å². The average molecular weight is 1270 g/mol. The summed E-state index contributed by atoms with van der Waals surface area (Å²) >= 11 is 7.67. The number of nitrogens with one attached hydrogen (secondary N) is 2. The number of carbonyl (C=O) groups excluding carboxylic acids is 3. The largest absolute Gasteiger partial charge is 0.478 e. The van der Waals surface area contributed by atoms with Gasteiger partial charge in [-0.2, -0.15) is 0 Å². The zero-order chi connectivity index (χ0) is 63.7. The number of fused-ring (bicyclic) bond motifs is 4. The van der Waals surface area contributed by atoms with Crippen molar-refractivity contribution in [2.75, 3.05) is 87.1 Å². The lowest BCUT2D eigenvalue weighted by Crippen LogP contribution is -2.51. The van der Waals surface area contributed by atoms with E-state index in [0.717, 1.165) is 129 Å². The zero-order valence-corrected chi connectivity index (χ0v) is 53.3. The molecule has 5 aromatic carbocycles. The summed E-state index contributed by atoms with van der Waals surface area (Å²) in [6.07, 6.45) is 11.4. The van der Waals surface area contributed by atoms with Gasteiger partial charge in [0.1, 0.15) is 42.0 Å². The summed E-state index contributed by atoms with van der Waals surface area (Å²) in [5.74, 6) is 1.42. The third kappa shape index (κ3) is 12.5. The molecule has 13 rings (SSSR count). The fraction of sp³-hybridized carbons (Fsp3) is 0.382. The van der Waals surface area contributed by atoms with Crippen LogP contribution >= 0.6 is 22.9 Å². The standard InChI is InChI=1S/C68H69ClN16O6S/c1-39-11-8-16-53(69)49(39)34-56(86)57-36-73-68(92-57)76-58-35-59(75-41(3)74-58)82-27-25-81(26-28-82)38-60(87)85(37-42-29-54(77-79-70)40(2)55(30-42)78-80-71)24-19-72-66(88)45-17-18-46(67(89)90)50(33-45)61-51-31-43-12-4-6-20-83-22-9-14-47(62(43)83)64(51)91-65-48-15-10-23-84-21-7-5-13-44(63(48)84)32-52(61)65/h8,11,16-18,29-33,35-36H,4-7,9-10,12-15,19-28,34,37-38H2,1-3H3,(H2-,72,73,74,75,76,86,88,89,90)/p+1. The number of aromatic carboxylic acids is 1. The average Bonchev–Trinajstić information content (AvgIpc) is 0.897. The Kier molecular flexibility index (Phi) is 17.7. The smallest absolute Gasteiger partial charge is 0.336 e. The summed E-state index contributed by atoms with van der Waals surface area (Å²) in [6.45, 7) is 11.6. The van der Waals surface area contributed by atoms with Crippen molar-refractivity contribution >= 4 is 85.9 Å². The van der Waals surface area contributed by atoms with Crippen LogP contribution in [0.15, 0.2) is 83.2 Å². The lowest BCUT2D eigenvalue weighted by Gasteiger charge is -2.36. The van der Waals surface area contributed by atoms with Gasteiger partial charge < -0.3 is 35.2 Å². The van der Waals surface area contributed by atoms with Crippen molar-refractivity contribution in [2.24, 2.45) is 10.2 Å². The Morgan fingerprint density at radius 1 is 0.804 bits per heavy atom. The molecule has 6 aliphatic rings. The SMILES string of the molecule is Cc1nc(Nc2ncc(C(=O)Cc3c(C)cccc3Cl)s2)cc(N2CCN(CC(=O)N(CCNC(=O)c3ccc(C(=O)O)c(C4=c5cc6c7c(c5Oc5c4cc4c8c5CCCN8CCCC4)CCC[N+]=7CCCC6)c3)Cc3cc(N=[N+]=[N-])c(C)c(N=[N+]=[N-])c3)CC2)n1. The molecule has 470 valence electrons. The fourth-order valence-electron chi connectivity index (χ4n) is 14.2. The highest BCUT2D eigenvalue weighted by Crippen LogP contribution is 2.49. The molecule has 8 heterocycles. The maximum absolute atomic E-state index is 14.8. The maximum atomic E-state index is 14.8. The monoisotopic (exact) mass is 1270 g/mol. The van der Waals surface area contributed by atoms with E-state index in [2.05, 4.69) is 72.1 Å². The van der Waals surface area contributed by atoms with Gasteiger partial charge in [-0.25, -0.2) is 24.3 Å². The summed E-state index contributed by atoms with van der Waals surface area (Å²) < 4.78 is 9.85. The molecule has 24 heteroatoms. The number of aryl methyl sites for hydroxylation is 4. The van der Waals surface area contributed by atoms with Crippen LogP contribution in [0.25, 0.3) is 26.5 Å². The third-order valence-corrected chi connectivity index (χ3v) is 20.0. The van der Waals surface area contributed by atoms with Crippen molar-refractivity contribution in [3.63, 3.8) is 0 Å². The number of carbonyl (C=O) groups is 4. The summed E-state index contributed by atoms with van der Waals surface area (Å²) in [4.78, 5) is 85.0. The Bertz CT molecular complexity index is 4380. The van der Waals surface area contributed by atoms with Crippen LogP contribution in [0.1, 0.15) is 130 Å². The Balaban J connectivity index is 0.756. The second-order valence-electron chi connectivity index (χ2n) is 24.5. The number of aromatic nitrogens is 3. The maximum Gasteiger partial charge on any atom is 0.336 e. The van der Waals surface area contributed by atoms with Gasteiger partial charge in [0.25, 0.3) is 5.91 Å². The van der Waals surface area contributed by atoms with E-state index in [9.17, 15) is 35.3 Å². The number of ketones is 1. The molecule has 1 fully saturated rings. The molecule has 0 radical (unpaired) electrons. The normalized spacial score (nSPS) is 15.7. The zero-order valence-electron chi connectivity index (χ0n) is 51.7. The van der Waals surface area contributed by atoms with E-state index in [-0.39, 0.29) is 66.8 Å². The molecule has 0 saturated carbocycles. The first-order valence-electron chi connectivity index (χ1n) is 31.6. The third-order valence-electron chi connectivity index (χ3n) is 18.7. The molecule has 2 aromatic heterocycles. The van der Waals surface area contributed by atoms with E-state index in [1.807, 2.05) is 32.0 Å². The number of nitrogens with zero attached hydrogens (tertiary/aromatic N) is 14. The molecule has 7 aromatic rings. The Morgan fingerprint density at radius 2 is 1.57 bits per heavy atom. The van der Waals surface area contributed by atoms with Crippen LogP contribution in [-0.4, -0.2) is 125 Å². The van der Waals surface area contributed by atoms with Gasteiger partial charge in [0.05, 0.1) is 28.7 Å². The summed E-state index contributed by atoms with van der Waals surface area (Å²) in [6, 6.07) is 20.0. The Hall–Kier alpha value is -9.37. The minimum Gasteiger partial charge on any atom is -0.478 e. The number of Topliss-reactive ketones (excluding diaryl/α,β-unsaturated/α-hetero) is 1. The fourth-order valence-corrected chi connectivity index (χ4v) is 15.2. The number of carboxylic acid groups (broad SMARTS) is 1. The lowest BCUT2D eigenvalue weighted by molar-refractivity contribution is -0.133. The summed E-state index contributed by atoms with van der Waals surface area (Å²) in [5.41, 5.74) is 30.7. The molecular weight excluding hydrogens is 1200 g/mol. The second-order valence-corrected chi connectivity index (χ2v) is 26.0. The number of azide groups is 2. The van der Waals surface area contributed by atoms with Crippen LogP contribution in [0.2, 0.25) is 5.02 Å². The first kappa shape index (κ1) is 61.5. The van der Waals surface area contributed by atoms with Gasteiger partial charge in [0.15, 0.2) is 10.9 Å². The molecule has 1 saturated heterocycles. The van der Waals surface area contributed by atoms with Crippen molar-refractivity contribution in [2.45, 2.75) is 97.9 Å². The highest BCUT2D eigenvalue weighted by molar-refractivity contribution is 7.17. The second kappa shape index (κ2) is 26.5. The predicted octanol–water partition coefficient (Wildman–Crippen LogP) is 11.1. The molecule has 0 bridgehead atoms. The van der Waals surface area contributed by atoms with Gasteiger partial charge in [0, 0.05) is 149 Å². The first-order chi connectivity index (χ1) is 44.7. The van der Waals surface area contributed by atoms with Crippen LogP contribution in [0, 0.1) is 20.8 Å². The Morgan fingerprint density at radius 3 is 2.35 bits per heavy atom. The first-order valence-corrected chi connectivity index (χ1v) is 32.8. The molecule has 92 heavy (non-hydrogen) atoms. The summed E-state index contributed by atoms with van der Waals surface area (Å²) in [7, 11) is 0. The van der Waals surface area contributed by atoms with Gasteiger partial charge in [-0.1, -0.05) is 45.3 Å². The number of thiazole rings is 1. The van der Waals surface area contributed by atoms with Crippen LogP contribution in [-0.2, 0) is 43.4 Å². The molecule has 0 unspecified atom stereocenters. The number of halogens is 1. The van der Waals surface area contributed by atoms with Crippen LogP contribution < -0.4 is 40.3 Å². The van der Waals surface area contributed by atoms with Gasteiger partial charge >= 0.3 is 5.97 Å². The van der Waals surface area contributed by atoms with Crippen molar-refractivity contribution in [3.8, 4) is 11.5 Å². The number of piperazine rings is 1. The van der Waals surface area contributed by atoms with Crippen LogP contribution in [0.4, 0.5) is 33.8 Å². The van der Waals surface area contributed by atoms with Crippen molar-refractivity contribution in [1.82, 2.24) is 34.6 Å². The van der Waals surface area contributed by atoms with Crippen LogP contribution in [0.3, 0.4) is 0 Å². The van der Waals surface area contributed by atoms with Gasteiger partial charge in [-0.15, -0.1) is 0 Å². The minimum atomic E-state index is -1.11. The molecular formula is C68H70ClN16O6S+. The van der Waals surface area contributed by atoms with E-state index >= 15 is 0 Å². The number of hydrogen-bond acceptors (Lipinski definition) is 15. The topological polar surface area (TPSA) is 274 Å². The number of ether oxygens (including phenoxy) is 1. The number of amides is 2. The van der Waals surface area contributed by atoms with Crippen molar-refractivity contribution in [3.05, 3.63) is 187 Å². The molecule has 22 nitrogen and oxygen atoms in total.